The summed E-state index contributed by atoms with van der Waals surface area (Å²) in [6, 6.07) is 13.6. The maximum absolute atomic E-state index is 5.76. The minimum absolute atomic E-state index is 0.724. The molecule has 0 amide bonds. The van der Waals surface area contributed by atoms with Crippen molar-refractivity contribution in [3.63, 3.8) is 0 Å². The van der Waals surface area contributed by atoms with E-state index >= 15 is 0 Å². The predicted molar refractivity (Wildman–Crippen MR) is 80.7 cm³/mol. The van der Waals surface area contributed by atoms with E-state index in [4.69, 9.17) is 5.73 Å². The number of anilines is 1. The molecule has 0 bridgehead atoms. The molecule has 4 N–H and O–H groups in total. The number of H-pyrrole nitrogens is 2. The summed E-state index contributed by atoms with van der Waals surface area (Å²) in [6.07, 6.45) is 0. The van der Waals surface area contributed by atoms with Gasteiger partial charge in [0.05, 0.1) is 22.1 Å². The van der Waals surface area contributed by atoms with Gasteiger partial charge in [-0.3, -0.25) is 0 Å². The molecule has 0 saturated heterocycles. The zero-order chi connectivity index (χ0) is 13.5. The number of nitrogen functional groups attached to an aromatic ring is 1. The number of rotatable bonds is 2. The Balaban J connectivity index is 1.72. The van der Waals surface area contributed by atoms with E-state index in [1.54, 1.807) is 0 Å². The van der Waals surface area contributed by atoms with Gasteiger partial charge in [-0.25, -0.2) is 9.97 Å². The van der Waals surface area contributed by atoms with Crippen LogP contribution in [0.2, 0.25) is 0 Å². The van der Waals surface area contributed by atoms with Gasteiger partial charge in [0.2, 0.25) is 0 Å². The number of para-hydroxylation sites is 2. The fourth-order valence-corrected chi connectivity index (χ4v) is 2.91. The van der Waals surface area contributed by atoms with Crippen LogP contribution in [0.25, 0.3) is 22.1 Å². The van der Waals surface area contributed by atoms with Crippen LogP contribution in [0, 0.1) is 0 Å². The molecular weight excluding hydrogens is 270 g/mol. The van der Waals surface area contributed by atoms with Gasteiger partial charge in [-0.15, -0.1) is 0 Å². The van der Waals surface area contributed by atoms with Crippen LogP contribution < -0.4 is 5.73 Å². The van der Waals surface area contributed by atoms with Crippen molar-refractivity contribution >= 4 is 39.5 Å². The third-order valence-corrected chi connectivity index (χ3v) is 3.82. The Morgan fingerprint density at radius 2 is 1.55 bits per heavy atom. The van der Waals surface area contributed by atoms with Gasteiger partial charge in [0.1, 0.15) is 0 Å². The molecule has 0 unspecified atom stereocenters. The van der Waals surface area contributed by atoms with Crippen molar-refractivity contribution in [3.8, 4) is 0 Å². The van der Waals surface area contributed by atoms with E-state index in [0.717, 1.165) is 38.1 Å². The summed E-state index contributed by atoms with van der Waals surface area (Å²) in [5.74, 6) is 0. The fourth-order valence-electron chi connectivity index (χ4n) is 2.12. The van der Waals surface area contributed by atoms with Crippen molar-refractivity contribution in [2.24, 2.45) is 0 Å². The molecule has 6 heteroatoms. The monoisotopic (exact) mass is 281 g/mol. The van der Waals surface area contributed by atoms with Gasteiger partial charge in [-0.05, 0) is 42.1 Å². The average Bonchev–Trinajstić information content (AvgIpc) is 3.00. The van der Waals surface area contributed by atoms with Gasteiger partial charge >= 0.3 is 0 Å². The number of fused-ring (bicyclic) bond motifs is 2. The number of imidazole rings is 2. The Labute approximate surface area is 118 Å². The van der Waals surface area contributed by atoms with Gasteiger partial charge < -0.3 is 15.7 Å². The number of nitrogens with one attached hydrogen (secondary N) is 2. The second-order valence-corrected chi connectivity index (χ2v) is 5.46. The molecule has 0 fully saturated rings. The quantitative estimate of drug-likeness (QED) is 0.493. The lowest BCUT2D eigenvalue weighted by Crippen LogP contribution is -1.82. The summed E-state index contributed by atoms with van der Waals surface area (Å²) in [5.41, 5.74) is 10.3. The maximum atomic E-state index is 5.76. The van der Waals surface area contributed by atoms with Gasteiger partial charge in [0, 0.05) is 5.69 Å². The molecule has 0 aliphatic carbocycles. The smallest absolute Gasteiger partial charge is 0.174 e. The molecule has 5 nitrogen and oxygen atoms in total. The standard InChI is InChI=1S/C14H11N5S/c15-8-5-6-11-12(7-8)19-14(18-11)20-13-16-9-3-1-2-4-10(9)17-13/h1-7H,15H2,(H,16,17)(H,18,19). The van der Waals surface area contributed by atoms with Crippen LogP contribution in [0.5, 0.6) is 0 Å². The lowest BCUT2D eigenvalue weighted by Gasteiger charge is -1.90. The van der Waals surface area contributed by atoms with Crippen LogP contribution in [0.15, 0.2) is 52.8 Å². The molecule has 0 atom stereocenters. The Morgan fingerprint density at radius 3 is 2.35 bits per heavy atom. The predicted octanol–water partition coefficient (Wildman–Crippen LogP) is 3.17. The average molecular weight is 281 g/mol. The lowest BCUT2D eigenvalue weighted by molar-refractivity contribution is 1.03. The van der Waals surface area contributed by atoms with Crippen LogP contribution in [-0.2, 0) is 0 Å². The van der Waals surface area contributed by atoms with Crippen LogP contribution in [0.4, 0.5) is 5.69 Å². The van der Waals surface area contributed by atoms with Crippen LogP contribution in [-0.4, -0.2) is 19.9 Å². The number of aromatic amines is 2. The molecule has 4 aromatic rings. The summed E-state index contributed by atoms with van der Waals surface area (Å²) in [5, 5.41) is 1.61. The third kappa shape index (κ3) is 1.90. The highest BCUT2D eigenvalue weighted by molar-refractivity contribution is 7.99. The normalized spacial score (nSPS) is 11.4. The van der Waals surface area contributed by atoms with E-state index in [9.17, 15) is 0 Å². The van der Waals surface area contributed by atoms with Gasteiger partial charge in [0.25, 0.3) is 0 Å². The van der Waals surface area contributed by atoms with Crippen molar-refractivity contribution in [1.29, 1.82) is 0 Å². The van der Waals surface area contributed by atoms with Gasteiger partial charge in [-0.1, -0.05) is 12.1 Å². The van der Waals surface area contributed by atoms with Crippen molar-refractivity contribution < 1.29 is 0 Å². The molecule has 0 aliphatic heterocycles. The Bertz CT molecular complexity index is 875. The molecule has 20 heavy (non-hydrogen) atoms. The zero-order valence-corrected chi connectivity index (χ0v) is 11.2. The second kappa shape index (κ2) is 4.28. The molecule has 98 valence electrons. The van der Waals surface area contributed by atoms with E-state index in [1.165, 1.54) is 11.8 Å². The topological polar surface area (TPSA) is 83.4 Å². The highest BCUT2D eigenvalue weighted by Crippen LogP contribution is 2.27. The van der Waals surface area contributed by atoms with Crippen molar-refractivity contribution in [2.45, 2.75) is 10.3 Å². The second-order valence-electron chi connectivity index (χ2n) is 4.48. The van der Waals surface area contributed by atoms with Crippen LogP contribution >= 0.6 is 11.8 Å². The zero-order valence-electron chi connectivity index (χ0n) is 10.4. The van der Waals surface area contributed by atoms with E-state index in [1.807, 2.05) is 42.5 Å². The Kier molecular flexibility index (Phi) is 2.43. The number of benzene rings is 2. The first-order chi connectivity index (χ1) is 9.78. The molecule has 0 radical (unpaired) electrons. The fraction of sp³-hybridized carbons (Fsp3) is 0. The van der Waals surface area contributed by atoms with E-state index in [-0.39, 0.29) is 0 Å². The molecule has 2 heterocycles. The SMILES string of the molecule is Nc1ccc2nc(Sc3nc4ccccc4[nH]3)[nH]c2c1. The van der Waals surface area contributed by atoms with Crippen molar-refractivity contribution in [2.75, 3.05) is 5.73 Å². The number of nitrogens with two attached hydrogens (primary N) is 1. The summed E-state index contributed by atoms with van der Waals surface area (Å²) >= 11 is 1.47. The molecular formula is C14H11N5S. The molecule has 0 saturated carbocycles. The Hall–Kier alpha value is -2.47. The molecule has 2 aromatic carbocycles. The Morgan fingerprint density at radius 1 is 0.850 bits per heavy atom. The van der Waals surface area contributed by atoms with Crippen molar-refractivity contribution in [1.82, 2.24) is 19.9 Å². The minimum atomic E-state index is 0.724. The number of hydrogen-bond donors (Lipinski definition) is 3. The van der Waals surface area contributed by atoms with Crippen molar-refractivity contribution in [3.05, 3.63) is 42.5 Å². The number of nitrogens with zero attached hydrogens (tertiary/aromatic N) is 2. The van der Waals surface area contributed by atoms with Gasteiger partial charge in [0.15, 0.2) is 10.3 Å². The van der Waals surface area contributed by atoms with Crippen LogP contribution in [0.3, 0.4) is 0 Å². The molecule has 2 aromatic heterocycles. The first kappa shape index (κ1) is 11.4. The largest absolute Gasteiger partial charge is 0.399 e. The first-order valence-electron chi connectivity index (χ1n) is 6.16. The van der Waals surface area contributed by atoms with Gasteiger partial charge in [-0.2, -0.15) is 0 Å². The highest BCUT2D eigenvalue weighted by Gasteiger charge is 2.08. The summed E-state index contributed by atoms with van der Waals surface area (Å²) < 4.78 is 0. The lowest BCUT2D eigenvalue weighted by atomic mass is 10.3. The van der Waals surface area contributed by atoms with Crippen LogP contribution in [0.1, 0.15) is 0 Å². The maximum Gasteiger partial charge on any atom is 0.174 e. The highest BCUT2D eigenvalue weighted by atomic mass is 32.2. The van der Waals surface area contributed by atoms with E-state index in [2.05, 4.69) is 19.9 Å². The number of aromatic nitrogens is 4. The third-order valence-electron chi connectivity index (χ3n) is 3.05. The minimum Gasteiger partial charge on any atom is -0.399 e. The first-order valence-corrected chi connectivity index (χ1v) is 6.97. The summed E-state index contributed by atoms with van der Waals surface area (Å²) in [4.78, 5) is 15.5. The molecule has 0 spiro atoms. The van der Waals surface area contributed by atoms with E-state index in [0.29, 0.717) is 0 Å². The molecule has 0 aliphatic rings. The summed E-state index contributed by atoms with van der Waals surface area (Å²) in [7, 11) is 0. The summed E-state index contributed by atoms with van der Waals surface area (Å²) in [6.45, 7) is 0. The molecule has 4 rings (SSSR count). The number of hydrogen-bond acceptors (Lipinski definition) is 4. The van der Waals surface area contributed by atoms with E-state index < -0.39 is 0 Å².